The molecule has 2 aromatic carbocycles. The number of H-pyrrole nitrogens is 1. The highest BCUT2D eigenvalue weighted by molar-refractivity contribution is 6.30. The number of anilines is 1. The van der Waals surface area contributed by atoms with Crippen LogP contribution in [0.15, 0.2) is 60.7 Å². The molecule has 2 N–H and O–H groups in total. The number of nitrogens with one attached hydrogen (secondary N) is 2. The molecule has 2 amide bonds. The number of likely N-dealkylation sites (N-methyl/N-ethyl adjacent to an activating group) is 1. The average molecular weight is 647 g/mol. The molecule has 4 aromatic rings. The van der Waals surface area contributed by atoms with Gasteiger partial charge in [-0.25, -0.2) is 9.78 Å². The molecule has 1 atom stereocenters. The zero-order chi connectivity index (χ0) is 33.4. The number of hydrogen-bond donors (Lipinski definition) is 2. The number of aromatic nitrogens is 2. The van der Waals surface area contributed by atoms with Crippen LogP contribution in [0.3, 0.4) is 0 Å². The fourth-order valence-corrected chi connectivity index (χ4v) is 4.95. The van der Waals surface area contributed by atoms with Crippen molar-refractivity contribution >= 4 is 58.4 Å². The first-order valence-electron chi connectivity index (χ1n) is 14.9. The first kappa shape index (κ1) is 34.1. The van der Waals surface area contributed by atoms with Gasteiger partial charge in [0.05, 0.1) is 31.2 Å². The van der Waals surface area contributed by atoms with Crippen LogP contribution in [0.4, 0.5) is 10.5 Å². The number of pyridine rings is 1. The van der Waals surface area contributed by atoms with Gasteiger partial charge in [-0.05, 0) is 75.2 Å². The van der Waals surface area contributed by atoms with Crippen LogP contribution in [0.1, 0.15) is 50.1 Å². The van der Waals surface area contributed by atoms with Crippen molar-refractivity contribution in [3.63, 3.8) is 0 Å². The highest BCUT2D eigenvalue weighted by atomic mass is 35.5. The Labute approximate surface area is 273 Å². The molecule has 0 spiro atoms. The van der Waals surface area contributed by atoms with Crippen LogP contribution in [-0.2, 0) is 31.9 Å². The number of fused-ring (bicyclic) bond motifs is 1. The number of aromatic amines is 1. The Morgan fingerprint density at radius 1 is 1.07 bits per heavy atom. The number of ether oxygens (including phenoxy) is 3. The van der Waals surface area contributed by atoms with E-state index in [-0.39, 0.29) is 31.3 Å². The first-order valence-corrected chi connectivity index (χ1v) is 15.3. The van der Waals surface area contributed by atoms with Gasteiger partial charge >= 0.3 is 12.1 Å². The summed E-state index contributed by atoms with van der Waals surface area (Å²) in [7, 11) is 3.18. The molecule has 0 aliphatic heterocycles. The van der Waals surface area contributed by atoms with Crippen molar-refractivity contribution in [3.05, 3.63) is 88.1 Å². The molecule has 0 aliphatic rings. The molecule has 0 aliphatic carbocycles. The number of amides is 2. The van der Waals surface area contributed by atoms with Crippen molar-refractivity contribution in [3.8, 4) is 5.88 Å². The van der Waals surface area contributed by atoms with Crippen molar-refractivity contribution in [1.82, 2.24) is 15.3 Å². The molecule has 46 heavy (non-hydrogen) atoms. The normalized spacial score (nSPS) is 12.2. The minimum absolute atomic E-state index is 0.0367. The summed E-state index contributed by atoms with van der Waals surface area (Å²) < 4.78 is 16.0. The smallest absolute Gasteiger partial charge is 0.408 e. The zero-order valence-electron chi connectivity index (χ0n) is 26.8. The third-order valence-electron chi connectivity index (χ3n) is 6.95. The van der Waals surface area contributed by atoms with Crippen LogP contribution in [0.2, 0.25) is 5.02 Å². The van der Waals surface area contributed by atoms with Gasteiger partial charge in [-0.1, -0.05) is 41.9 Å². The van der Waals surface area contributed by atoms with Gasteiger partial charge < -0.3 is 29.4 Å². The highest BCUT2D eigenvalue weighted by Gasteiger charge is 2.28. The lowest BCUT2D eigenvalue weighted by atomic mass is 10.0. The Bertz CT molecular complexity index is 1730. The molecular formula is C35H39ClN4O6. The quantitative estimate of drug-likeness (QED) is 0.176. The van der Waals surface area contributed by atoms with E-state index in [0.29, 0.717) is 33.4 Å². The number of carbonyl (C=O) groups is 3. The number of methoxy groups -OCH3 is 1. The number of esters is 1. The van der Waals surface area contributed by atoms with Crippen molar-refractivity contribution < 1.29 is 28.6 Å². The molecule has 0 unspecified atom stereocenters. The standard InChI is InChI=1S/C35H39ClN4O6/c1-7-45-31(41)21-26-27(37-28-17-18-30(44-6)39-32(26)28)16-11-22-9-8-10-23(19-22)20-29(38-34(43)46-35(2,3)4)33(42)40(5)25-14-12-24(36)13-15-25/h8-19,29,37H,7,20-21H2,1-6H3,(H,38,43)/t29-/m0/s1. The fraction of sp³-hybridized carbons (Fsp3) is 0.314. The topological polar surface area (TPSA) is 123 Å². The van der Waals surface area contributed by atoms with Gasteiger partial charge in [-0.2, -0.15) is 0 Å². The molecule has 0 saturated heterocycles. The van der Waals surface area contributed by atoms with Crippen LogP contribution in [-0.4, -0.2) is 60.3 Å². The molecular weight excluding hydrogens is 608 g/mol. The lowest BCUT2D eigenvalue weighted by molar-refractivity contribution is -0.142. The predicted octanol–water partition coefficient (Wildman–Crippen LogP) is 6.60. The van der Waals surface area contributed by atoms with Crippen molar-refractivity contribution in [1.29, 1.82) is 0 Å². The molecule has 4 rings (SSSR count). The van der Waals surface area contributed by atoms with E-state index in [1.807, 2.05) is 42.5 Å². The molecule has 2 aromatic heterocycles. The van der Waals surface area contributed by atoms with E-state index < -0.39 is 17.7 Å². The van der Waals surface area contributed by atoms with E-state index in [9.17, 15) is 14.4 Å². The van der Waals surface area contributed by atoms with Gasteiger partial charge in [0, 0.05) is 41.5 Å². The summed E-state index contributed by atoms with van der Waals surface area (Å²) in [5.74, 6) is -0.245. The summed E-state index contributed by atoms with van der Waals surface area (Å²) in [6.45, 7) is 7.32. The monoisotopic (exact) mass is 646 g/mol. The average Bonchev–Trinajstić information content (AvgIpc) is 3.34. The van der Waals surface area contributed by atoms with Crippen molar-refractivity contribution in [2.45, 2.75) is 52.2 Å². The summed E-state index contributed by atoms with van der Waals surface area (Å²) in [6.07, 6.45) is 3.33. The Morgan fingerprint density at radius 3 is 2.48 bits per heavy atom. The molecule has 0 radical (unpaired) electrons. The molecule has 0 bridgehead atoms. The maximum atomic E-state index is 13.7. The van der Waals surface area contributed by atoms with E-state index in [1.165, 1.54) is 12.0 Å². The number of nitrogens with zero attached hydrogens (tertiary/aromatic N) is 2. The number of halogens is 1. The van der Waals surface area contributed by atoms with Crippen molar-refractivity contribution in [2.24, 2.45) is 0 Å². The van der Waals surface area contributed by atoms with E-state index in [2.05, 4.69) is 15.3 Å². The van der Waals surface area contributed by atoms with Gasteiger partial charge in [0.15, 0.2) is 0 Å². The van der Waals surface area contributed by atoms with Crippen LogP contribution in [0.25, 0.3) is 23.2 Å². The van der Waals surface area contributed by atoms with E-state index in [0.717, 1.165) is 16.6 Å². The van der Waals surface area contributed by atoms with Crippen molar-refractivity contribution in [2.75, 3.05) is 25.7 Å². The molecule has 10 nitrogen and oxygen atoms in total. The molecule has 11 heteroatoms. The molecule has 242 valence electrons. The third-order valence-corrected chi connectivity index (χ3v) is 7.20. The second-order valence-corrected chi connectivity index (χ2v) is 12.0. The molecule has 2 heterocycles. The minimum Gasteiger partial charge on any atom is -0.481 e. The second-order valence-electron chi connectivity index (χ2n) is 11.6. The number of benzene rings is 2. The Hall–Kier alpha value is -4.83. The van der Waals surface area contributed by atoms with Gasteiger partial charge in [0.25, 0.3) is 0 Å². The van der Waals surface area contributed by atoms with Gasteiger partial charge in [0.2, 0.25) is 11.8 Å². The number of carbonyl (C=O) groups excluding carboxylic acids is 3. The Kier molecular flexibility index (Phi) is 11.1. The predicted molar refractivity (Wildman–Crippen MR) is 180 cm³/mol. The summed E-state index contributed by atoms with van der Waals surface area (Å²) in [6, 6.07) is 17.2. The Morgan fingerprint density at radius 2 is 1.80 bits per heavy atom. The van der Waals surface area contributed by atoms with E-state index >= 15 is 0 Å². The SMILES string of the molecule is CCOC(=O)Cc1c(C=Cc2cccc(C[C@H](NC(=O)OC(C)(C)C)C(=O)N(C)c3ccc(Cl)cc3)c2)[nH]c2ccc(OC)nc12. The zero-order valence-corrected chi connectivity index (χ0v) is 27.6. The van der Waals surface area contributed by atoms with Gasteiger partial charge in [-0.15, -0.1) is 0 Å². The summed E-state index contributed by atoms with van der Waals surface area (Å²) in [4.78, 5) is 48.3. The first-order chi connectivity index (χ1) is 21.9. The summed E-state index contributed by atoms with van der Waals surface area (Å²) in [5.41, 5.74) is 4.34. The lowest BCUT2D eigenvalue weighted by Gasteiger charge is -2.27. The van der Waals surface area contributed by atoms with E-state index in [1.54, 1.807) is 65.1 Å². The molecule has 0 saturated carbocycles. The number of alkyl carbamates (subject to hydrolysis) is 1. The highest BCUT2D eigenvalue weighted by Crippen LogP contribution is 2.26. The van der Waals surface area contributed by atoms with Crippen LogP contribution in [0, 0.1) is 0 Å². The second kappa shape index (κ2) is 15.0. The van der Waals surface area contributed by atoms with Crippen LogP contribution >= 0.6 is 11.6 Å². The van der Waals surface area contributed by atoms with Gasteiger partial charge in [-0.3, -0.25) is 9.59 Å². The number of hydrogen-bond acceptors (Lipinski definition) is 7. The Balaban J connectivity index is 1.61. The third kappa shape index (κ3) is 9.10. The molecule has 0 fully saturated rings. The van der Waals surface area contributed by atoms with Gasteiger partial charge in [0.1, 0.15) is 11.6 Å². The van der Waals surface area contributed by atoms with Crippen LogP contribution in [0.5, 0.6) is 5.88 Å². The largest absolute Gasteiger partial charge is 0.481 e. The van der Waals surface area contributed by atoms with Crippen LogP contribution < -0.4 is 15.0 Å². The minimum atomic E-state index is -0.916. The summed E-state index contributed by atoms with van der Waals surface area (Å²) >= 11 is 6.04. The summed E-state index contributed by atoms with van der Waals surface area (Å²) in [5, 5.41) is 3.31. The lowest BCUT2D eigenvalue weighted by Crippen LogP contribution is -2.50. The fourth-order valence-electron chi connectivity index (χ4n) is 4.83. The van der Waals surface area contributed by atoms with E-state index in [4.69, 9.17) is 25.8 Å². The maximum Gasteiger partial charge on any atom is 0.408 e. The number of rotatable bonds is 11. The maximum absolute atomic E-state index is 13.7.